The molecule has 5 heteroatoms. The summed E-state index contributed by atoms with van der Waals surface area (Å²) in [6.45, 7) is 7.07. The Hall–Kier alpha value is -1.62. The van der Waals surface area contributed by atoms with Gasteiger partial charge in [0, 0.05) is 19.3 Å². The summed E-state index contributed by atoms with van der Waals surface area (Å²) >= 11 is 5.21. The maximum Gasteiger partial charge on any atom is 0.229 e. The van der Waals surface area contributed by atoms with Crippen LogP contribution in [0.1, 0.15) is 18.1 Å². The molecular weight excluding hydrogens is 244 g/mol. The van der Waals surface area contributed by atoms with E-state index in [4.69, 9.17) is 12.2 Å². The lowest BCUT2D eigenvalue weighted by molar-refractivity contribution is 0.741. The number of benzene rings is 1. The average molecular weight is 262 g/mol. The molecule has 0 atom stereocenters. The summed E-state index contributed by atoms with van der Waals surface area (Å²) in [4.78, 5) is 2.06. The molecule has 0 spiro atoms. The molecular formula is C13H18N4S. The summed E-state index contributed by atoms with van der Waals surface area (Å²) in [7, 11) is 2.01. The van der Waals surface area contributed by atoms with Crippen molar-refractivity contribution >= 4 is 23.9 Å². The molecule has 0 radical (unpaired) electrons. The molecule has 1 aromatic heterocycles. The first-order valence-electron chi connectivity index (χ1n) is 6.00. The third-order valence-corrected chi connectivity index (χ3v) is 3.38. The Morgan fingerprint density at radius 2 is 2.11 bits per heavy atom. The molecule has 0 aliphatic rings. The number of aromatic nitrogens is 3. The number of nitrogens with one attached hydrogen (secondary N) is 1. The van der Waals surface area contributed by atoms with Crippen LogP contribution in [0.3, 0.4) is 0 Å². The second kappa shape index (κ2) is 4.94. The van der Waals surface area contributed by atoms with E-state index < -0.39 is 0 Å². The lowest BCUT2D eigenvalue weighted by Gasteiger charge is -2.20. The second-order valence-electron chi connectivity index (χ2n) is 4.42. The fraction of sp³-hybridized carbons (Fsp3) is 0.385. The minimum absolute atomic E-state index is 0.657. The molecule has 0 fully saturated rings. The van der Waals surface area contributed by atoms with Crippen LogP contribution < -0.4 is 4.90 Å². The predicted molar refractivity (Wildman–Crippen MR) is 77.1 cm³/mol. The molecule has 0 aliphatic heterocycles. The van der Waals surface area contributed by atoms with E-state index in [9.17, 15) is 0 Å². The van der Waals surface area contributed by atoms with Crippen molar-refractivity contribution in [2.45, 2.75) is 27.3 Å². The number of H-pyrrole nitrogens is 1. The van der Waals surface area contributed by atoms with Gasteiger partial charge in [0.1, 0.15) is 0 Å². The van der Waals surface area contributed by atoms with Crippen molar-refractivity contribution in [3.05, 3.63) is 34.1 Å². The molecule has 1 aromatic carbocycles. The Morgan fingerprint density at radius 1 is 1.39 bits per heavy atom. The van der Waals surface area contributed by atoms with Crippen molar-refractivity contribution in [1.82, 2.24) is 14.8 Å². The van der Waals surface area contributed by atoms with E-state index in [1.54, 1.807) is 0 Å². The fourth-order valence-electron chi connectivity index (χ4n) is 2.14. The van der Waals surface area contributed by atoms with E-state index >= 15 is 0 Å². The summed E-state index contributed by atoms with van der Waals surface area (Å²) in [6, 6.07) is 6.39. The van der Waals surface area contributed by atoms with Gasteiger partial charge in [0.25, 0.3) is 0 Å². The van der Waals surface area contributed by atoms with Crippen LogP contribution in [0, 0.1) is 18.6 Å². The van der Waals surface area contributed by atoms with Gasteiger partial charge in [-0.25, -0.2) is 5.10 Å². The van der Waals surface area contributed by atoms with Crippen LogP contribution in [0.25, 0.3) is 0 Å². The van der Waals surface area contributed by atoms with E-state index in [0.29, 0.717) is 4.77 Å². The molecule has 1 heterocycles. The Labute approximate surface area is 112 Å². The molecule has 0 unspecified atom stereocenters. The topological polar surface area (TPSA) is 36.9 Å². The van der Waals surface area contributed by atoms with E-state index in [-0.39, 0.29) is 0 Å². The first-order chi connectivity index (χ1) is 8.54. The van der Waals surface area contributed by atoms with Crippen LogP contribution in [0.15, 0.2) is 18.2 Å². The highest BCUT2D eigenvalue weighted by Gasteiger charge is 2.13. The van der Waals surface area contributed by atoms with Gasteiger partial charge in [-0.15, -0.1) is 5.10 Å². The lowest BCUT2D eigenvalue weighted by Crippen LogP contribution is -2.16. The van der Waals surface area contributed by atoms with E-state index in [2.05, 4.69) is 54.1 Å². The fourth-order valence-corrected chi connectivity index (χ4v) is 2.40. The summed E-state index contributed by atoms with van der Waals surface area (Å²) in [5.41, 5.74) is 3.64. The standard InChI is InChI=1S/C13H18N4S/c1-5-17-12(14-15-13(17)18)16(4)11-7-6-9(2)8-10(11)3/h6-8H,5H2,1-4H3,(H,15,18). The SMILES string of the molecule is CCn1c(N(C)c2ccc(C)cc2C)n[nH]c1=S. The van der Waals surface area contributed by atoms with Gasteiger partial charge in [0.15, 0.2) is 4.77 Å². The van der Waals surface area contributed by atoms with Gasteiger partial charge in [-0.1, -0.05) is 17.7 Å². The van der Waals surface area contributed by atoms with Crippen molar-refractivity contribution in [2.24, 2.45) is 0 Å². The largest absolute Gasteiger partial charge is 0.313 e. The summed E-state index contributed by atoms with van der Waals surface area (Å²) in [5, 5.41) is 7.14. The quantitative estimate of drug-likeness (QED) is 0.862. The predicted octanol–water partition coefficient (Wildman–Crippen LogP) is 3.35. The zero-order chi connectivity index (χ0) is 13.3. The average Bonchev–Trinajstić information content (AvgIpc) is 2.69. The number of anilines is 2. The van der Waals surface area contributed by atoms with Gasteiger partial charge in [-0.05, 0) is 44.6 Å². The number of hydrogen-bond donors (Lipinski definition) is 1. The zero-order valence-electron chi connectivity index (χ0n) is 11.2. The maximum absolute atomic E-state index is 5.21. The minimum atomic E-state index is 0.657. The summed E-state index contributed by atoms with van der Waals surface area (Å²) in [6.07, 6.45) is 0. The molecule has 2 aromatic rings. The van der Waals surface area contributed by atoms with Gasteiger partial charge in [-0.3, -0.25) is 4.57 Å². The number of rotatable bonds is 3. The molecule has 0 amide bonds. The van der Waals surface area contributed by atoms with E-state index in [1.807, 2.05) is 11.6 Å². The van der Waals surface area contributed by atoms with Gasteiger partial charge in [0.05, 0.1) is 0 Å². The molecule has 2 rings (SSSR count). The smallest absolute Gasteiger partial charge is 0.229 e. The molecule has 4 nitrogen and oxygen atoms in total. The first kappa shape index (κ1) is 12.8. The first-order valence-corrected chi connectivity index (χ1v) is 6.41. The van der Waals surface area contributed by atoms with Crippen LogP contribution in [-0.4, -0.2) is 21.8 Å². The summed E-state index contributed by atoms with van der Waals surface area (Å²) < 4.78 is 2.64. The molecule has 0 aliphatic carbocycles. The molecule has 1 N–H and O–H groups in total. The van der Waals surface area contributed by atoms with Crippen molar-refractivity contribution in [3.63, 3.8) is 0 Å². The highest BCUT2D eigenvalue weighted by atomic mass is 32.1. The Kier molecular flexibility index (Phi) is 3.52. The molecule has 0 bridgehead atoms. The number of aromatic amines is 1. The van der Waals surface area contributed by atoms with Crippen LogP contribution >= 0.6 is 12.2 Å². The lowest BCUT2D eigenvalue weighted by atomic mass is 10.1. The van der Waals surface area contributed by atoms with Gasteiger partial charge >= 0.3 is 0 Å². The Bertz CT molecular complexity index is 612. The third kappa shape index (κ3) is 2.18. The maximum atomic E-state index is 5.21. The number of nitrogens with zero attached hydrogens (tertiary/aromatic N) is 3. The second-order valence-corrected chi connectivity index (χ2v) is 4.81. The summed E-state index contributed by atoms with van der Waals surface area (Å²) in [5.74, 6) is 0.842. The minimum Gasteiger partial charge on any atom is -0.313 e. The normalized spacial score (nSPS) is 10.7. The number of aryl methyl sites for hydroxylation is 2. The molecule has 18 heavy (non-hydrogen) atoms. The van der Waals surface area contributed by atoms with Crippen molar-refractivity contribution < 1.29 is 0 Å². The molecule has 0 saturated heterocycles. The van der Waals surface area contributed by atoms with Crippen LogP contribution in [0.2, 0.25) is 0 Å². The molecule has 96 valence electrons. The molecule has 0 saturated carbocycles. The number of hydrogen-bond acceptors (Lipinski definition) is 3. The van der Waals surface area contributed by atoms with Crippen molar-refractivity contribution in [3.8, 4) is 0 Å². The highest BCUT2D eigenvalue weighted by molar-refractivity contribution is 7.71. The van der Waals surface area contributed by atoms with Crippen molar-refractivity contribution in [1.29, 1.82) is 0 Å². The third-order valence-electron chi connectivity index (χ3n) is 3.07. The van der Waals surface area contributed by atoms with E-state index in [0.717, 1.165) is 18.2 Å². The zero-order valence-corrected chi connectivity index (χ0v) is 12.0. The Morgan fingerprint density at radius 3 is 2.72 bits per heavy atom. The van der Waals surface area contributed by atoms with Crippen LogP contribution in [-0.2, 0) is 6.54 Å². The van der Waals surface area contributed by atoms with E-state index in [1.165, 1.54) is 11.1 Å². The van der Waals surface area contributed by atoms with Crippen LogP contribution in [0.4, 0.5) is 11.6 Å². The monoisotopic (exact) mass is 262 g/mol. The van der Waals surface area contributed by atoms with Crippen molar-refractivity contribution in [2.75, 3.05) is 11.9 Å². The van der Waals surface area contributed by atoms with Crippen LogP contribution in [0.5, 0.6) is 0 Å². The Balaban J connectivity index is 2.47. The van der Waals surface area contributed by atoms with Gasteiger partial charge < -0.3 is 4.90 Å². The van der Waals surface area contributed by atoms with Gasteiger partial charge in [-0.2, -0.15) is 0 Å². The van der Waals surface area contributed by atoms with Gasteiger partial charge in [0.2, 0.25) is 5.95 Å². The highest BCUT2D eigenvalue weighted by Crippen LogP contribution is 2.26.